The zero-order valence-corrected chi connectivity index (χ0v) is 16.4. The fourth-order valence-corrected chi connectivity index (χ4v) is 3.50. The summed E-state index contributed by atoms with van der Waals surface area (Å²) >= 11 is 1.54. The van der Waals surface area contributed by atoms with E-state index in [1.807, 2.05) is 47.8 Å². The van der Waals surface area contributed by atoms with E-state index < -0.39 is 5.97 Å². The third-order valence-electron chi connectivity index (χ3n) is 4.02. The molecule has 3 aromatic heterocycles. The Labute approximate surface area is 171 Å². The predicted molar refractivity (Wildman–Crippen MR) is 112 cm³/mol. The average molecular weight is 403 g/mol. The van der Waals surface area contributed by atoms with E-state index >= 15 is 0 Å². The molecule has 4 aromatic rings. The van der Waals surface area contributed by atoms with Gasteiger partial charge in [0, 0.05) is 29.0 Å². The molecule has 144 valence electrons. The summed E-state index contributed by atoms with van der Waals surface area (Å²) in [6, 6.07) is 13.5. The maximum atomic E-state index is 12.1. The summed E-state index contributed by atoms with van der Waals surface area (Å²) in [6.45, 7) is 2.04. The van der Waals surface area contributed by atoms with Gasteiger partial charge < -0.3 is 10.1 Å². The Kier molecular flexibility index (Phi) is 5.53. The van der Waals surface area contributed by atoms with Gasteiger partial charge in [0.05, 0.1) is 18.0 Å². The van der Waals surface area contributed by atoms with Crippen LogP contribution in [0.5, 0.6) is 0 Å². The van der Waals surface area contributed by atoms with Crippen LogP contribution in [-0.2, 0) is 4.74 Å². The second-order valence-corrected chi connectivity index (χ2v) is 6.82. The van der Waals surface area contributed by atoms with Gasteiger partial charge in [-0.05, 0) is 31.2 Å². The molecule has 0 aliphatic heterocycles. The van der Waals surface area contributed by atoms with Crippen molar-refractivity contribution in [3.63, 3.8) is 0 Å². The van der Waals surface area contributed by atoms with Gasteiger partial charge in [-0.15, -0.1) is 11.3 Å². The van der Waals surface area contributed by atoms with Gasteiger partial charge in [0.2, 0.25) is 0 Å². The quantitative estimate of drug-likeness (QED) is 0.471. The van der Waals surface area contributed by atoms with Gasteiger partial charge in [0.25, 0.3) is 0 Å². The van der Waals surface area contributed by atoms with Crippen LogP contribution in [0, 0.1) is 0 Å². The molecule has 0 saturated carbocycles. The number of nitrogens with one attached hydrogen (secondary N) is 1. The second-order valence-electron chi connectivity index (χ2n) is 5.96. The molecule has 1 aromatic carbocycles. The molecule has 0 aliphatic rings. The molecular formula is C21H17N5O2S. The molecule has 0 unspecified atom stereocenters. The van der Waals surface area contributed by atoms with Gasteiger partial charge in [-0.1, -0.05) is 18.2 Å². The Morgan fingerprint density at radius 2 is 2.07 bits per heavy atom. The van der Waals surface area contributed by atoms with Gasteiger partial charge >= 0.3 is 5.97 Å². The molecule has 7 nitrogen and oxygen atoms in total. The smallest absolute Gasteiger partial charge is 0.343 e. The molecule has 29 heavy (non-hydrogen) atoms. The number of carbonyl (C=O) groups excluding carboxylic acids is 1. The summed E-state index contributed by atoms with van der Waals surface area (Å²) in [7, 11) is 0. The van der Waals surface area contributed by atoms with Crippen LogP contribution < -0.4 is 5.32 Å². The van der Waals surface area contributed by atoms with Crippen LogP contribution in [0.15, 0.2) is 66.6 Å². The van der Waals surface area contributed by atoms with Crippen LogP contribution in [0.1, 0.15) is 17.3 Å². The SMILES string of the molecule is CCOC(=O)c1cncnc1Nc1cccc(-c2csc(-c3ccccn3)n2)c1. The number of thiazole rings is 1. The van der Waals surface area contributed by atoms with Crippen LogP contribution in [-0.4, -0.2) is 32.5 Å². The van der Waals surface area contributed by atoms with Gasteiger partial charge in [0.1, 0.15) is 22.7 Å². The van der Waals surface area contributed by atoms with E-state index in [1.54, 1.807) is 24.5 Å². The molecule has 0 aliphatic carbocycles. The van der Waals surface area contributed by atoms with Crippen molar-refractivity contribution in [3.05, 3.63) is 72.1 Å². The minimum atomic E-state index is -0.466. The van der Waals surface area contributed by atoms with Crippen molar-refractivity contribution in [2.24, 2.45) is 0 Å². The van der Waals surface area contributed by atoms with Gasteiger partial charge in [0.15, 0.2) is 0 Å². The zero-order valence-electron chi connectivity index (χ0n) is 15.6. The Morgan fingerprint density at radius 1 is 1.14 bits per heavy atom. The molecule has 0 amide bonds. The van der Waals surface area contributed by atoms with E-state index in [4.69, 9.17) is 9.72 Å². The third kappa shape index (κ3) is 4.27. The van der Waals surface area contributed by atoms with Gasteiger partial charge in [-0.2, -0.15) is 0 Å². The van der Waals surface area contributed by atoms with Crippen molar-refractivity contribution in [3.8, 4) is 22.0 Å². The summed E-state index contributed by atoms with van der Waals surface area (Å²) in [6.07, 6.45) is 4.58. The molecule has 1 N–H and O–H groups in total. The molecule has 3 heterocycles. The highest BCUT2D eigenvalue weighted by Crippen LogP contribution is 2.29. The molecule has 0 fully saturated rings. The maximum absolute atomic E-state index is 12.1. The number of anilines is 2. The van der Waals surface area contributed by atoms with E-state index in [9.17, 15) is 4.79 Å². The molecular weight excluding hydrogens is 386 g/mol. The van der Waals surface area contributed by atoms with Crippen LogP contribution in [0.3, 0.4) is 0 Å². The molecule has 0 saturated heterocycles. The fourth-order valence-electron chi connectivity index (χ4n) is 2.69. The Hall–Kier alpha value is -3.65. The first kappa shape index (κ1) is 18.7. The summed E-state index contributed by atoms with van der Waals surface area (Å²) in [5.74, 6) is -0.0747. The molecule has 4 rings (SSSR count). The van der Waals surface area contributed by atoms with Crippen LogP contribution in [0.4, 0.5) is 11.5 Å². The fraction of sp³-hybridized carbons (Fsp3) is 0.0952. The Morgan fingerprint density at radius 3 is 2.90 bits per heavy atom. The molecule has 0 bridgehead atoms. The standard InChI is InChI=1S/C21H17N5O2S/c1-2-28-21(27)16-11-22-13-24-19(16)25-15-7-5-6-14(10-15)18-12-29-20(26-18)17-8-3-4-9-23-17/h3-13H,2H2,1H3,(H,22,24,25). The number of hydrogen-bond acceptors (Lipinski definition) is 8. The molecule has 0 atom stereocenters. The van der Waals surface area contributed by atoms with Crippen LogP contribution in [0.25, 0.3) is 22.0 Å². The zero-order chi connectivity index (χ0) is 20.1. The minimum absolute atomic E-state index is 0.283. The number of aromatic nitrogens is 4. The van der Waals surface area contributed by atoms with Crippen molar-refractivity contribution >= 4 is 28.8 Å². The van der Waals surface area contributed by atoms with E-state index in [0.29, 0.717) is 5.82 Å². The number of carbonyl (C=O) groups is 1. The Balaban J connectivity index is 1.60. The summed E-state index contributed by atoms with van der Waals surface area (Å²) in [5.41, 5.74) is 3.70. The maximum Gasteiger partial charge on any atom is 0.343 e. The first-order valence-electron chi connectivity index (χ1n) is 8.96. The number of rotatable bonds is 6. The average Bonchev–Trinajstić information content (AvgIpc) is 3.26. The lowest BCUT2D eigenvalue weighted by molar-refractivity contribution is 0.0526. The lowest BCUT2D eigenvalue weighted by Crippen LogP contribution is -2.09. The largest absolute Gasteiger partial charge is 0.462 e. The molecule has 8 heteroatoms. The van der Waals surface area contributed by atoms with Crippen molar-refractivity contribution in [1.29, 1.82) is 0 Å². The van der Waals surface area contributed by atoms with Crippen molar-refractivity contribution in [2.45, 2.75) is 6.92 Å². The number of nitrogens with zero attached hydrogens (tertiary/aromatic N) is 4. The number of esters is 1. The number of hydrogen-bond donors (Lipinski definition) is 1. The lowest BCUT2D eigenvalue weighted by atomic mass is 10.1. The van der Waals surface area contributed by atoms with E-state index in [-0.39, 0.29) is 12.2 Å². The highest BCUT2D eigenvalue weighted by atomic mass is 32.1. The van der Waals surface area contributed by atoms with E-state index in [0.717, 1.165) is 27.6 Å². The van der Waals surface area contributed by atoms with E-state index in [2.05, 4.69) is 20.3 Å². The molecule has 0 spiro atoms. The summed E-state index contributed by atoms with van der Waals surface area (Å²) in [5, 5.41) is 6.03. The highest BCUT2D eigenvalue weighted by molar-refractivity contribution is 7.13. The van der Waals surface area contributed by atoms with E-state index in [1.165, 1.54) is 12.5 Å². The van der Waals surface area contributed by atoms with Crippen LogP contribution in [0.2, 0.25) is 0 Å². The van der Waals surface area contributed by atoms with Crippen molar-refractivity contribution in [1.82, 2.24) is 19.9 Å². The third-order valence-corrected chi connectivity index (χ3v) is 4.88. The monoisotopic (exact) mass is 403 g/mol. The molecule has 0 radical (unpaired) electrons. The lowest BCUT2D eigenvalue weighted by Gasteiger charge is -2.10. The van der Waals surface area contributed by atoms with Gasteiger partial charge in [-0.3, -0.25) is 4.98 Å². The number of benzene rings is 1. The Bertz CT molecular complexity index is 1130. The topological polar surface area (TPSA) is 89.9 Å². The summed E-state index contributed by atoms with van der Waals surface area (Å²) in [4.78, 5) is 29.3. The van der Waals surface area contributed by atoms with Gasteiger partial charge in [-0.25, -0.2) is 19.7 Å². The summed E-state index contributed by atoms with van der Waals surface area (Å²) < 4.78 is 5.07. The van der Waals surface area contributed by atoms with Crippen molar-refractivity contribution in [2.75, 3.05) is 11.9 Å². The number of pyridine rings is 1. The minimum Gasteiger partial charge on any atom is -0.462 e. The first-order chi connectivity index (χ1) is 14.2. The predicted octanol–water partition coefficient (Wildman–Crippen LogP) is 4.58. The second kappa shape index (κ2) is 8.57. The van der Waals surface area contributed by atoms with Crippen molar-refractivity contribution < 1.29 is 9.53 Å². The normalized spacial score (nSPS) is 10.5. The number of ether oxygens (including phenoxy) is 1. The highest BCUT2D eigenvalue weighted by Gasteiger charge is 2.15. The van der Waals surface area contributed by atoms with Crippen LogP contribution >= 0.6 is 11.3 Å². The first-order valence-corrected chi connectivity index (χ1v) is 9.84.